The third kappa shape index (κ3) is 35.2. The van der Waals surface area contributed by atoms with Crippen LogP contribution in [0.1, 0.15) is 211 Å². The standard InChI is InChI=1S/4C14H11N.4C9H8N2.12C2H6/c1-10-11-6-2-3-7-12(11)13-8-4-5-9-14(13)15-10;1-10-6-7-11-9-15-14-5-3-2-4-12(14)13(11)8-10;1-10-6-7-14-13(8-10)12-5-3-2-4-11(12)9-15-14;1-10-6-7-13-12-5-3-2-4-11(12)9-15-14(13)8-10;1-7-2-3-8-5-10-11-6-9(8)4-7;1-7-2-3-9-8(6-7)4-5-10-11-9;1-7-2-3-8-4-5-10-11-9(8)6-7;1-7-6-8-4-2-3-5-9(8)11-10-7;12*1-2/h4*2-9H,1H3;4*2-6H,1H3;12*1-2H3. The lowest BCUT2D eigenvalue weighted by atomic mass is 10.0. The first-order valence-electron chi connectivity index (χ1n) is 46.5. The molecule has 0 radical (unpaired) electrons. The summed E-state index contributed by atoms with van der Waals surface area (Å²) in [7, 11) is 0. The molecule has 0 saturated carbocycles. The van der Waals surface area contributed by atoms with Gasteiger partial charge >= 0.3 is 0 Å². The van der Waals surface area contributed by atoms with Crippen LogP contribution in [0, 0.1) is 55.4 Å². The molecule has 8 aromatic heterocycles. The number of para-hydroxylation sites is 2. The Balaban J connectivity index is 0.000000709. The van der Waals surface area contributed by atoms with Crippen LogP contribution in [0.2, 0.25) is 0 Å². The molecule has 0 aliphatic rings. The molecular formula is C116H148N12. The maximum Gasteiger partial charge on any atom is 0.0932 e. The first-order chi connectivity index (χ1) is 62.8. The van der Waals surface area contributed by atoms with E-state index in [1.807, 2.05) is 284 Å². The van der Waals surface area contributed by atoms with Crippen LogP contribution in [0.3, 0.4) is 0 Å². The molecule has 12 heteroatoms. The van der Waals surface area contributed by atoms with Gasteiger partial charge in [0.2, 0.25) is 0 Å². The summed E-state index contributed by atoms with van der Waals surface area (Å²) in [5.74, 6) is 0. The lowest BCUT2D eigenvalue weighted by Crippen LogP contribution is -1.86. The van der Waals surface area contributed by atoms with E-state index in [4.69, 9.17) is 0 Å². The smallest absolute Gasteiger partial charge is 0.0932 e. The molecule has 672 valence electrons. The fourth-order valence-corrected chi connectivity index (χ4v) is 12.4. The quantitative estimate of drug-likeness (QED) is 0.133. The van der Waals surface area contributed by atoms with E-state index in [0.29, 0.717) is 0 Å². The molecule has 12 aromatic carbocycles. The molecule has 12 nitrogen and oxygen atoms in total. The maximum absolute atomic E-state index is 4.60. The maximum atomic E-state index is 4.60. The fraction of sp³-hybridized carbons (Fsp3) is 0.276. The van der Waals surface area contributed by atoms with Gasteiger partial charge in [0.05, 0.1) is 69.1 Å². The molecule has 20 aromatic rings. The van der Waals surface area contributed by atoms with Crippen LogP contribution >= 0.6 is 0 Å². The summed E-state index contributed by atoms with van der Waals surface area (Å²) in [6.07, 6.45) is 12.8. The number of benzene rings is 12. The van der Waals surface area contributed by atoms with Crippen LogP contribution in [-0.2, 0) is 0 Å². The lowest BCUT2D eigenvalue weighted by molar-refractivity contribution is 1.02. The van der Waals surface area contributed by atoms with E-state index >= 15 is 0 Å². The van der Waals surface area contributed by atoms with Gasteiger partial charge < -0.3 is 0 Å². The second-order valence-corrected chi connectivity index (χ2v) is 25.7. The Bertz CT molecular complexity index is 5960. The van der Waals surface area contributed by atoms with Gasteiger partial charge in [0.15, 0.2) is 0 Å². The van der Waals surface area contributed by atoms with Crippen LogP contribution in [0.15, 0.2) is 316 Å². The Morgan fingerprint density at radius 3 is 1.05 bits per heavy atom. The zero-order valence-electron chi connectivity index (χ0n) is 83.4. The predicted molar refractivity (Wildman–Crippen MR) is 569 cm³/mol. The van der Waals surface area contributed by atoms with Crippen molar-refractivity contribution in [3.05, 3.63) is 361 Å². The van der Waals surface area contributed by atoms with Crippen molar-refractivity contribution in [3.63, 3.8) is 0 Å². The third-order valence-electron chi connectivity index (χ3n) is 17.7. The highest BCUT2D eigenvalue weighted by molar-refractivity contribution is 6.08. The summed E-state index contributed by atoms with van der Waals surface area (Å²) in [5, 5.41) is 51.8. The van der Waals surface area contributed by atoms with Crippen molar-refractivity contribution >= 4 is 130 Å². The molecule has 0 spiro atoms. The van der Waals surface area contributed by atoms with Crippen molar-refractivity contribution < 1.29 is 0 Å². The van der Waals surface area contributed by atoms with Gasteiger partial charge in [-0.1, -0.05) is 383 Å². The van der Waals surface area contributed by atoms with E-state index in [0.717, 1.165) is 76.9 Å². The average molecular weight is 1710 g/mol. The number of aryl methyl sites for hydroxylation is 8. The normalized spacial score (nSPS) is 9.25. The van der Waals surface area contributed by atoms with Gasteiger partial charge in [-0.2, -0.15) is 40.8 Å². The van der Waals surface area contributed by atoms with E-state index in [-0.39, 0.29) is 0 Å². The molecule has 0 fully saturated rings. The number of aromatic nitrogens is 12. The zero-order valence-corrected chi connectivity index (χ0v) is 83.4. The second-order valence-electron chi connectivity index (χ2n) is 25.7. The minimum absolute atomic E-state index is 0.957. The number of fused-ring (bicyclic) bond motifs is 16. The van der Waals surface area contributed by atoms with Crippen LogP contribution in [0.4, 0.5) is 0 Å². The molecule has 20 rings (SSSR count). The van der Waals surface area contributed by atoms with Crippen LogP contribution in [0.5, 0.6) is 0 Å². The van der Waals surface area contributed by atoms with E-state index in [9.17, 15) is 0 Å². The topological polar surface area (TPSA) is 155 Å². The van der Waals surface area contributed by atoms with Crippen molar-refractivity contribution in [2.45, 2.75) is 222 Å². The van der Waals surface area contributed by atoms with Crippen molar-refractivity contribution in [1.29, 1.82) is 0 Å². The first kappa shape index (κ1) is 113. The Morgan fingerprint density at radius 1 is 0.164 bits per heavy atom. The highest BCUT2D eigenvalue weighted by Gasteiger charge is 2.07. The van der Waals surface area contributed by atoms with Crippen molar-refractivity contribution in [2.24, 2.45) is 0 Å². The van der Waals surface area contributed by atoms with Gasteiger partial charge in [0.1, 0.15) is 0 Å². The van der Waals surface area contributed by atoms with E-state index in [2.05, 4.69) is 290 Å². The largest absolute Gasteiger partial charge is 0.256 e. The van der Waals surface area contributed by atoms with Gasteiger partial charge in [-0.05, 0) is 167 Å². The lowest BCUT2D eigenvalue weighted by Gasteiger charge is -2.05. The van der Waals surface area contributed by atoms with Gasteiger partial charge in [-0.15, -0.1) is 0 Å². The Hall–Kier alpha value is -13.3. The molecule has 0 aliphatic heterocycles. The van der Waals surface area contributed by atoms with Crippen LogP contribution < -0.4 is 0 Å². The van der Waals surface area contributed by atoms with E-state index in [1.165, 1.54) is 98.0 Å². The van der Waals surface area contributed by atoms with Gasteiger partial charge in [-0.3, -0.25) is 19.9 Å². The van der Waals surface area contributed by atoms with E-state index < -0.39 is 0 Å². The Labute approximate surface area is 768 Å². The predicted octanol–water partition coefficient (Wildman–Crippen LogP) is 34.9. The number of hydrogen-bond donors (Lipinski definition) is 0. The number of hydrogen-bond acceptors (Lipinski definition) is 12. The SMILES string of the molecule is CC.CC.CC.CC.CC.CC.CC.CC.CC.CC.CC.CC.Cc1cc2ccccc2nn1.Cc1ccc2c(c1)ncc1ccccc12.Cc1ccc2ccnnc2c1.Cc1ccc2cnc3ccccc3c2c1.Cc1ccc2cnncc2c1.Cc1ccc2ncc3ccccc3c2c1.Cc1ccc2nnccc2c1.Cc1nc2ccccc2c2ccccc12. The fourth-order valence-electron chi connectivity index (χ4n) is 12.4. The first-order valence-corrected chi connectivity index (χ1v) is 46.5. The molecular weight excluding hydrogens is 1560 g/mol. The van der Waals surface area contributed by atoms with Crippen molar-refractivity contribution in [1.82, 2.24) is 60.7 Å². The summed E-state index contributed by atoms with van der Waals surface area (Å²) in [4.78, 5) is 18.0. The third-order valence-corrected chi connectivity index (χ3v) is 17.7. The van der Waals surface area contributed by atoms with Crippen molar-refractivity contribution in [3.8, 4) is 0 Å². The molecule has 8 heterocycles. The monoisotopic (exact) mass is 1710 g/mol. The van der Waals surface area contributed by atoms with Gasteiger partial charge in [0, 0.05) is 94.3 Å². The second kappa shape index (κ2) is 67.1. The minimum atomic E-state index is 0.957. The van der Waals surface area contributed by atoms with Gasteiger partial charge in [-0.25, -0.2) is 0 Å². The Kier molecular flexibility index (Phi) is 59.1. The summed E-state index contributed by atoms with van der Waals surface area (Å²) in [6, 6.07) is 93.4. The zero-order chi connectivity index (χ0) is 95.7. The van der Waals surface area contributed by atoms with E-state index in [1.54, 1.807) is 24.8 Å². The number of pyridine rings is 4. The van der Waals surface area contributed by atoms with Gasteiger partial charge in [0.25, 0.3) is 0 Å². The molecule has 0 atom stereocenters. The number of rotatable bonds is 0. The van der Waals surface area contributed by atoms with Crippen LogP contribution in [0.25, 0.3) is 130 Å². The number of nitrogens with zero attached hydrogens (tertiary/aromatic N) is 12. The summed E-state index contributed by atoms with van der Waals surface area (Å²) >= 11 is 0. The average Bonchev–Trinajstić information content (AvgIpc) is 0.795. The highest BCUT2D eigenvalue weighted by atomic mass is 15.1. The summed E-state index contributed by atoms with van der Waals surface area (Å²) in [6.45, 7) is 64.5. The molecule has 0 N–H and O–H groups in total. The molecule has 0 saturated heterocycles. The molecule has 128 heavy (non-hydrogen) atoms. The molecule has 0 amide bonds. The summed E-state index contributed by atoms with van der Waals surface area (Å²) < 4.78 is 0. The minimum Gasteiger partial charge on any atom is -0.256 e. The molecule has 0 bridgehead atoms. The van der Waals surface area contributed by atoms with Crippen molar-refractivity contribution in [2.75, 3.05) is 0 Å². The highest BCUT2D eigenvalue weighted by Crippen LogP contribution is 2.29. The summed E-state index contributed by atoms with van der Waals surface area (Å²) in [5.41, 5.74) is 16.8. The molecule has 0 unspecified atom stereocenters. The van der Waals surface area contributed by atoms with Crippen LogP contribution in [-0.4, -0.2) is 60.7 Å². The molecule has 0 aliphatic carbocycles. The Morgan fingerprint density at radius 2 is 0.492 bits per heavy atom.